The highest BCUT2D eigenvalue weighted by atomic mass is 19.4. The minimum atomic E-state index is -5.02. The number of hydrogen-bond acceptors (Lipinski definition) is 2. The second-order valence-corrected chi connectivity index (χ2v) is 5.96. The molecule has 1 amide bonds. The molecule has 2 heterocycles. The van der Waals surface area contributed by atoms with E-state index in [1.165, 1.54) is 10.9 Å². The molecule has 1 fully saturated rings. The zero-order valence-electron chi connectivity index (χ0n) is 12.7. The van der Waals surface area contributed by atoms with E-state index in [1.807, 2.05) is 0 Å². The van der Waals surface area contributed by atoms with Gasteiger partial charge in [0.1, 0.15) is 6.54 Å². The molecule has 1 saturated heterocycles. The SMILES string of the molecule is O=C(Cn1ncc2ccccc21)N1CC(C(F)(F)F)C(C(F)(F)F)C1. The third-order valence-electron chi connectivity index (χ3n) is 4.35. The molecule has 4 nitrogen and oxygen atoms in total. The highest BCUT2D eigenvalue weighted by Crippen LogP contribution is 2.45. The molecule has 1 aromatic carbocycles. The van der Waals surface area contributed by atoms with Gasteiger partial charge in [0.15, 0.2) is 0 Å². The van der Waals surface area contributed by atoms with Crippen LogP contribution in [0.2, 0.25) is 0 Å². The lowest BCUT2D eigenvalue weighted by atomic mass is 9.95. The third-order valence-corrected chi connectivity index (χ3v) is 4.35. The Labute approximate surface area is 138 Å². The molecule has 10 heteroatoms. The van der Waals surface area contributed by atoms with E-state index in [4.69, 9.17) is 0 Å². The van der Waals surface area contributed by atoms with Gasteiger partial charge in [-0.25, -0.2) is 0 Å². The van der Waals surface area contributed by atoms with Gasteiger partial charge >= 0.3 is 12.4 Å². The largest absolute Gasteiger partial charge is 0.394 e. The molecule has 25 heavy (non-hydrogen) atoms. The first-order valence-corrected chi connectivity index (χ1v) is 7.39. The standard InChI is InChI=1S/C15H13F6N3O/c16-14(17,18)10-6-23(7-11(10)15(19,20)21)13(25)8-24-12-4-2-1-3-9(12)5-22-24/h1-5,10-11H,6-8H2. The number of rotatable bonds is 2. The number of aromatic nitrogens is 2. The molecule has 1 aliphatic heterocycles. The molecule has 0 bridgehead atoms. The van der Waals surface area contributed by atoms with Gasteiger partial charge in [-0.1, -0.05) is 18.2 Å². The molecule has 0 spiro atoms. The highest BCUT2D eigenvalue weighted by Gasteiger charge is 2.59. The van der Waals surface area contributed by atoms with Crippen LogP contribution in [0.15, 0.2) is 30.5 Å². The maximum Gasteiger partial charge on any atom is 0.394 e. The molecule has 3 rings (SSSR count). The average Bonchev–Trinajstić information content (AvgIpc) is 3.11. The first-order valence-electron chi connectivity index (χ1n) is 7.39. The van der Waals surface area contributed by atoms with E-state index in [0.29, 0.717) is 10.4 Å². The Morgan fingerprint density at radius 2 is 1.60 bits per heavy atom. The molecular weight excluding hydrogens is 352 g/mol. The molecule has 1 aromatic heterocycles. The van der Waals surface area contributed by atoms with Crippen molar-refractivity contribution in [2.75, 3.05) is 13.1 Å². The lowest BCUT2D eigenvalue weighted by Gasteiger charge is -2.22. The first-order chi connectivity index (χ1) is 11.6. The maximum atomic E-state index is 12.9. The summed E-state index contributed by atoms with van der Waals surface area (Å²) < 4.78 is 78.7. The molecule has 0 N–H and O–H groups in total. The van der Waals surface area contributed by atoms with Crippen molar-refractivity contribution in [2.24, 2.45) is 11.8 Å². The fourth-order valence-corrected chi connectivity index (χ4v) is 3.05. The van der Waals surface area contributed by atoms with Crippen molar-refractivity contribution in [1.29, 1.82) is 0 Å². The molecule has 0 saturated carbocycles. The normalized spacial score (nSPS) is 21.9. The van der Waals surface area contributed by atoms with Crippen molar-refractivity contribution in [3.05, 3.63) is 30.5 Å². The van der Waals surface area contributed by atoms with E-state index in [-0.39, 0.29) is 0 Å². The van der Waals surface area contributed by atoms with Crippen LogP contribution in [0.3, 0.4) is 0 Å². The Morgan fingerprint density at radius 3 is 2.16 bits per heavy atom. The second-order valence-electron chi connectivity index (χ2n) is 5.96. The van der Waals surface area contributed by atoms with Crippen LogP contribution in [-0.2, 0) is 11.3 Å². The van der Waals surface area contributed by atoms with Gasteiger partial charge in [-0.15, -0.1) is 0 Å². The number of likely N-dealkylation sites (tertiary alicyclic amines) is 1. The molecule has 0 aliphatic carbocycles. The Morgan fingerprint density at radius 1 is 1.04 bits per heavy atom. The molecule has 2 unspecified atom stereocenters. The van der Waals surface area contributed by atoms with Gasteiger partial charge in [-0.05, 0) is 6.07 Å². The summed E-state index contributed by atoms with van der Waals surface area (Å²) >= 11 is 0. The summed E-state index contributed by atoms with van der Waals surface area (Å²) in [6.07, 6.45) is -8.56. The van der Waals surface area contributed by atoms with E-state index in [9.17, 15) is 31.1 Å². The van der Waals surface area contributed by atoms with Gasteiger partial charge in [0, 0.05) is 18.5 Å². The van der Waals surface area contributed by atoms with Crippen molar-refractivity contribution in [3.63, 3.8) is 0 Å². The fraction of sp³-hybridized carbons (Fsp3) is 0.467. The predicted octanol–water partition coefficient (Wildman–Crippen LogP) is 3.24. The van der Waals surface area contributed by atoms with Gasteiger partial charge in [0.05, 0.1) is 23.5 Å². The number of alkyl halides is 6. The number of para-hydroxylation sites is 1. The molecule has 136 valence electrons. The van der Waals surface area contributed by atoms with Crippen LogP contribution in [0.25, 0.3) is 10.9 Å². The van der Waals surface area contributed by atoms with Crippen LogP contribution in [-0.4, -0.2) is 46.0 Å². The number of carbonyl (C=O) groups is 1. The van der Waals surface area contributed by atoms with E-state index >= 15 is 0 Å². The molecule has 0 radical (unpaired) electrons. The number of halogens is 6. The number of fused-ring (bicyclic) bond motifs is 1. The summed E-state index contributed by atoms with van der Waals surface area (Å²) in [5.41, 5.74) is 0.579. The Bertz CT molecular complexity index is 759. The molecular formula is C15H13F6N3O. The molecule has 2 atom stereocenters. The van der Waals surface area contributed by atoms with E-state index in [0.717, 1.165) is 5.39 Å². The monoisotopic (exact) mass is 365 g/mol. The second kappa shape index (κ2) is 5.92. The third kappa shape index (κ3) is 3.42. The van der Waals surface area contributed by atoms with Gasteiger partial charge < -0.3 is 4.90 Å². The maximum absolute atomic E-state index is 12.9. The van der Waals surface area contributed by atoms with Crippen LogP contribution in [0.4, 0.5) is 26.3 Å². The lowest BCUT2D eigenvalue weighted by molar-refractivity contribution is -0.239. The zero-order valence-corrected chi connectivity index (χ0v) is 12.7. The number of nitrogens with zero attached hydrogens (tertiary/aromatic N) is 3. The van der Waals surface area contributed by atoms with Crippen molar-refractivity contribution < 1.29 is 31.1 Å². The smallest absolute Gasteiger partial charge is 0.340 e. The van der Waals surface area contributed by atoms with Crippen LogP contribution < -0.4 is 0 Å². The van der Waals surface area contributed by atoms with Crippen molar-refractivity contribution in [1.82, 2.24) is 14.7 Å². The Kier molecular flexibility index (Phi) is 4.16. The number of amides is 1. The number of hydrogen-bond donors (Lipinski definition) is 0. The quantitative estimate of drug-likeness (QED) is 0.767. The Balaban J connectivity index is 1.79. The number of benzene rings is 1. The summed E-state index contributed by atoms with van der Waals surface area (Å²) in [5.74, 6) is -6.04. The van der Waals surface area contributed by atoms with Crippen molar-refractivity contribution in [2.45, 2.75) is 18.9 Å². The van der Waals surface area contributed by atoms with Crippen LogP contribution in [0.1, 0.15) is 0 Å². The zero-order chi connectivity index (χ0) is 18.4. The van der Waals surface area contributed by atoms with Gasteiger partial charge in [0.2, 0.25) is 5.91 Å². The lowest BCUT2D eigenvalue weighted by Crippen LogP contribution is -2.37. The van der Waals surface area contributed by atoms with E-state index in [2.05, 4.69) is 5.10 Å². The summed E-state index contributed by atoms with van der Waals surface area (Å²) in [6, 6.07) is 6.84. The van der Waals surface area contributed by atoms with Crippen molar-refractivity contribution in [3.8, 4) is 0 Å². The van der Waals surface area contributed by atoms with Crippen molar-refractivity contribution >= 4 is 16.8 Å². The van der Waals surface area contributed by atoms with E-state index in [1.54, 1.807) is 24.3 Å². The topological polar surface area (TPSA) is 38.1 Å². The summed E-state index contributed by atoms with van der Waals surface area (Å²) in [7, 11) is 0. The van der Waals surface area contributed by atoms with Gasteiger partial charge in [-0.3, -0.25) is 9.48 Å². The van der Waals surface area contributed by atoms with E-state index < -0.39 is 49.7 Å². The molecule has 1 aliphatic rings. The van der Waals surface area contributed by atoms with Crippen LogP contribution in [0, 0.1) is 11.8 Å². The first kappa shape index (κ1) is 17.6. The highest BCUT2D eigenvalue weighted by molar-refractivity contribution is 5.82. The minimum Gasteiger partial charge on any atom is -0.340 e. The fourth-order valence-electron chi connectivity index (χ4n) is 3.05. The minimum absolute atomic E-state index is 0.414. The Hall–Kier alpha value is -2.26. The average molecular weight is 365 g/mol. The van der Waals surface area contributed by atoms with Crippen LogP contribution in [0.5, 0.6) is 0 Å². The summed E-state index contributed by atoms with van der Waals surface area (Å²) in [5, 5.41) is 4.69. The van der Waals surface area contributed by atoms with Gasteiger partial charge in [-0.2, -0.15) is 31.4 Å². The predicted molar refractivity (Wildman–Crippen MR) is 75.4 cm³/mol. The molecule has 2 aromatic rings. The van der Waals surface area contributed by atoms with Crippen LogP contribution >= 0.6 is 0 Å². The van der Waals surface area contributed by atoms with Gasteiger partial charge in [0.25, 0.3) is 0 Å². The summed E-state index contributed by atoms with van der Waals surface area (Å²) in [6.45, 7) is -2.40. The summed E-state index contributed by atoms with van der Waals surface area (Å²) in [4.78, 5) is 12.8. The number of carbonyl (C=O) groups excluding carboxylic acids is 1.